The van der Waals surface area contributed by atoms with Crippen molar-refractivity contribution in [3.05, 3.63) is 101 Å². The first-order valence-corrected chi connectivity index (χ1v) is 9.46. The van der Waals surface area contributed by atoms with Gasteiger partial charge in [0, 0.05) is 11.4 Å². The van der Waals surface area contributed by atoms with Crippen LogP contribution in [0.3, 0.4) is 0 Å². The van der Waals surface area contributed by atoms with Crippen LogP contribution in [-0.2, 0) is 10.5 Å². The second kappa shape index (κ2) is 8.68. The van der Waals surface area contributed by atoms with Crippen molar-refractivity contribution in [2.75, 3.05) is 5.32 Å². The Morgan fingerprint density at radius 1 is 0.962 bits per heavy atom. The van der Waals surface area contributed by atoms with Gasteiger partial charge in [-0.15, -0.1) is 11.8 Å². The predicted molar refractivity (Wildman–Crippen MR) is 107 cm³/mol. The lowest BCUT2D eigenvalue weighted by Gasteiger charge is -2.18. The number of hydrogen-bond donors (Lipinski definition) is 1. The monoisotopic (exact) mass is 365 g/mol. The Balaban J connectivity index is 1.78. The molecule has 0 radical (unpaired) electrons. The average Bonchev–Trinajstić information content (AvgIpc) is 2.66. The zero-order valence-electron chi connectivity index (χ0n) is 14.5. The SMILES string of the molecule is Cc1ccccc1CS[C@@H](C(=O)Nc1ccc(F)cc1)c1ccccc1. The summed E-state index contributed by atoms with van der Waals surface area (Å²) >= 11 is 1.59. The summed E-state index contributed by atoms with van der Waals surface area (Å²) in [6.45, 7) is 2.08. The van der Waals surface area contributed by atoms with Gasteiger partial charge in [-0.1, -0.05) is 54.6 Å². The van der Waals surface area contributed by atoms with E-state index in [2.05, 4.69) is 24.4 Å². The number of carbonyl (C=O) groups excluding carboxylic acids is 1. The fourth-order valence-corrected chi connectivity index (χ4v) is 3.87. The molecule has 0 heterocycles. The van der Waals surface area contributed by atoms with Gasteiger partial charge in [-0.3, -0.25) is 4.79 Å². The van der Waals surface area contributed by atoms with Crippen LogP contribution in [0.5, 0.6) is 0 Å². The molecule has 3 rings (SSSR count). The Labute approximate surface area is 157 Å². The molecule has 0 aliphatic heterocycles. The van der Waals surface area contributed by atoms with Crippen LogP contribution in [0.2, 0.25) is 0 Å². The highest BCUT2D eigenvalue weighted by Crippen LogP contribution is 2.33. The summed E-state index contributed by atoms with van der Waals surface area (Å²) in [5.74, 6) is 0.307. The number of rotatable bonds is 6. The van der Waals surface area contributed by atoms with Crippen molar-refractivity contribution < 1.29 is 9.18 Å². The molecule has 0 unspecified atom stereocenters. The second-order valence-corrected chi connectivity index (χ2v) is 7.12. The van der Waals surface area contributed by atoms with Gasteiger partial charge in [0.05, 0.1) is 0 Å². The summed E-state index contributed by atoms with van der Waals surface area (Å²) < 4.78 is 13.1. The summed E-state index contributed by atoms with van der Waals surface area (Å²) in [5, 5.41) is 2.55. The molecule has 0 saturated heterocycles. The molecule has 0 aliphatic carbocycles. The number of hydrogen-bond acceptors (Lipinski definition) is 2. The molecule has 4 heteroatoms. The van der Waals surface area contributed by atoms with Crippen molar-refractivity contribution >= 4 is 23.4 Å². The van der Waals surface area contributed by atoms with Gasteiger partial charge in [0.25, 0.3) is 0 Å². The highest BCUT2D eigenvalue weighted by molar-refractivity contribution is 7.99. The molecular formula is C22H20FNOS. The summed E-state index contributed by atoms with van der Waals surface area (Å²) in [6, 6.07) is 23.7. The van der Waals surface area contributed by atoms with Crippen molar-refractivity contribution in [1.29, 1.82) is 0 Å². The molecule has 0 bridgehead atoms. The van der Waals surface area contributed by atoms with Crippen LogP contribution in [0.1, 0.15) is 21.9 Å². The van der Waals surface area contributed by atoms with Gasteiger partial charge in [-0.2, -0.15) is 0 Å². The standard InChI is InChI=1S/C22H20FNOS/c1-16-7-5-6-10-18(16)15-26-21(17-8-3-2-4-9-17)22(25)24-20-13-11-19(23)12-14-20/h2-14,21H,15H2,1H3,(H,24,25)/t21-/m1/s1. The maximum atomic E-state index is 13.1. The lowest BCUT2D eigenvalue weighted by molar-refractivity contribution is -0.115. The first kappa shape index (κ1) is 18.2. The molecule has 0 fully saturated rings. The van der Waals surface area contributed by atoms with Crippen LogP contribution >= 0.6 is 11.8 Å². The number of nitrogens with one attached hydrogen (secondary N) is 1. The molecule has 0 aliphatic rings. The lowest BCUT2D eigenvalue weighted by atomic mass is 10.1. The number of carbonyl (C=O) groups is 1. The summed E-state index contributed by atoms with van der Waals surface area (Å²) in [4.78, 5) is 12.9. The van der Waals surface area contributed by atoms with Gasteiger partial charge in [0.1, 0.15) is 11.1 Å². The molecule has 132 valence electrons. The third-order valence-electron chi connectivity index (χ3n) is 4.12. The van der Waals surface area contributed by atoms with Crippen LogP contribution in [0.4, 0.5) is 10.1 Å². The zero-order valence-corrected chi connectivity index (χ0v) is 15.3. The van der Waals surface area contributed by atoms with E-state index < -0.39 is 0 Å². The first-order valence-electron chi connectivity index (χ1n) is 8.41. The number of anilines is 1. The minimum absolute atomic E-state index is 0.110. The summed E-state index contributed by atoms with van der Waals surface area (Å²) in [5.41, 5.74) is 3.97. The van der Waals surface area contributed by atoms with E-state index >= 15 is 0 Å². The molecular weight excluding hydrogens is 345 g/mol. The van der Waals surface area contributed by atoms with Crippen LogP contribution in [0, 0.1) is 12.7 Å². The van der Waals surface area contributed by atoms with E-state index in [1.807, 2.05) is 42.5 Å². The van der Waals surface area contributed by atoms with Crippen LogP contribution in [0.25, 0.3) is 0 Å². The molecule has 0 spiro atoms. The van der Waals surface area contributed by atoms with E-state index in [4.69, 9.17) is 0 Å². The molecule has 3 aromatic rings. The maximum Gasteiger partial charge on any atom is 0.242 e. The fourth-order valence-electron chi connectivity index (χ4n) is 2.64. The highest BCUT2D eigenvalue weighted by Gasteiger charge is 2.21. The molecule has 1 atom stereocenters. The van der Waals surface area contributed by atoms with Gasteiger partial charge in [0.2, 0.25) is 5.91 Å². The Kier molecular flexibility index (Phi) is 6.08. The zero-order chi connectivity index (χ0) is 18.4. The summed E-state index contributed by atoms with van der Waals surface area (Å²) in [6.07, 6.45) is 0. The van der Waals surface area contributed by atoms with Crippen LogP contribution < -0.4 is 5.32 Å². The number of halogens is 1. The van der Waals surface area contributed by atoms with Gasteiger partial charge in [-0.05, 0) is 47.9 Å². The Hall–Kier alpha value is -2.59. The van der Waals surface area contributed by atoms with Gasteiger partial charge >= 0.3 is 0 Å². The van der Waals surface area contributed by atoms with Crippen molar-refractivity contribution in [2.45, 2.75) is 17.9 Å². The van der Waals surface area contributed by atoms with Gasteiger partial charge < -0.3 is 5.32 Å². The van der Waals surface area contributed by atoms with Crippen LogP contribution in [0.15, 0.2) is 78.9 Å². The topological polar surface area (TPSA) is 29.1 Å². The van der Waals surface area contributed by atoms with E-state index in [1.165, 1.54) is 23.3 Å². The first-order chi connectivity index (χ1) is 12.6. The molecule has 3 aromatic carbocycles. The molecule has 0 aromatic heterocycles. The van der Waals surface area contributed by atoms with Crippen molar-refractivity contribution in [1.82, 2.24) is 0 Å². The van der Waals surface area contributed by atoms with Gasteiger partial charge in [-0.25, -0.2) is 4.39 Å². The third kappa shape index (κ3) is 4.73. The lowest BCUT2D eigenvalue weighted by Crippen LogP contribution is -2.19. The Morgan fingerprint density at radius 2 is 1.62 bits per heavy atom. The van der Waals surface area contributed by atoms with E-state index in [0.717, 1.165) is 11.3 Å². The fraction of sp³-hybridized carbons (Fsp3) is 0.136. The smallest absolute Gasteiger partial charge is 0.242 e. The molecule has 0 saturated carbocycles. The Morgan fingerprint density at radius 3 is 2.31 bits per heavy atom. The largest absolute Gasteiger partial charge is 0.325 e. The number of aryl methyl sites for hydroxylation is 1. The van der Waals surface area contributed by atoms with E-state index in [0.29, 0.717) is 5.69 Å². The molecule has 26 heavy (non-hydrogen) atoms. The normalized spacial score (nSPS) is 11.8. The molecule has 1 N–H and O–H groups in total. The van der Waals surface area contributed by atoms with E-state index in [1.54, 1.807) is 23.9 Å². The minimum Gasteiger partial charge on any atom is -0.325 e. The minimum atomic E-state index is -0.346. The van der Waals surface area contributed by atoms with Gasteiger partial charge in [0.15, 0.2) is 0 Å². The van der Waals surface area contributed by atoms with Crippen molar-refractivity contribution in [2.24, 2.45) is 0 Å². The average molecular weight is 365 g/mol. The van der Waals surface area contributed by atoms with Crippen molar-refractivity contribution in [3.63, 3.8) is 0 Å². The highest BCUT2D eigenvalue weighted by atomic mass is 32.2. The Bertz CT molecular complexity index is 865. The quantitative estimate of drug-likeness (QED) is 0.603. The summed E-state index contributed by atoms with van der Waals surface area (Å²) in [7, 11) is 0. The molecule has 2 nitrogen and oxygen atoms in total. The van der Waals surface area contributed by atoms with Crippen molar-refractivity contribution in [3.8, 4) is 0 Å². The maximum absolute atomic E-state index is 13.1. The number of benzene rings is 3. The van der Waals surface area contributed by atoms with E-state index in [-0.39, 0.29) is 17.0 Å². The second-order valence-electron chi connectivity index (χ2n) is 6.02. The molecule has 1 amide bonds. The number of amides is 1. The predicted octanol–water partition coefficient (Wildman–Crippen LogP) is 5.75. The van der Waals surface area contributed by atoms with E-state index in [9.17, 15) is 9.18 Å². The number of thioether (sulfide) groups is 1. The van der Waals surface area contributed by atoms with Crippen LogP contribution in [-0.4, -0.2) is 5.91 Å². The third-order valence-corrected chi connectivity index (χ3v) is 5.42.